The number of halogens is 4. The van der Waals surface area contributed by atoms with Crippen molar-refractivity contribution in [3.05, 3.63) is 130 Å². The molecule has 7 heteroatoms. The van der Waals surface area contributed by atoms with Gasteiger partial charge in [0.1, 0.15) is 11.4 Å². The zero-order valence-corrected chi connectivity index (χ0v) is 22.0. The zero-order chi connectivity index (χ0) is 27.4. The fraction of sp³-hybridized carbons (Fsp3) is 0.194. The molecule has 2 atom stereocenters. The van der Waals surface area contributed by atoms with E-state index in [0.717, 1.165) is 0 Å². The van der Waals surface area contributed by atoms with Crippen LogP contribution >= 0.6 is 0 Å². The Balaban J connectivity index is 0.000000617. The molecule has 2 nitrogen and oxygen atoms in total. The molecule has 0 spiro atoms. The van der Waals surface area contributed by atoms with Crippen molar-refractivity contribution in [2.75, 3.05) is 4.90 Å². The second-order valence-electron chi connectivity index (χ2n) is 9.62. The highest BCUT2D eigenvalue weighted by Gasteiger charge is 2.47. The van der Waals surface area contributed by atoms with Gasteiger partial charge < -0.3 is 17.3 Å². The van der Waals surface area contributed by atoms with Crippen LogP contribution in [0.4, 0.5) is 28.6 Å². The molecule has 196 valence electrons. The molecule has 5 rings (SSSR count). The second kappa shape index (κ2) is 11.3. The summed E-state index contributed by atoms with van der Waals surface area (Å²) in [7, 11) is -6.00. The molecule has 0 saturated carbocycles. The highest BCUT2D eigenvalue weighted by Crippen LogP contribution is 2.47. The number of rotatable bonds is 4. The fourth-order valence-electron chi connectivity index (χ4n) is 5.39. The molecule has 4 aromatic rings. The summed E-state index contributed by atoms with van der Waals surface area (Å²) in [6.07, 6.45) is 2.35. The van der Waals surface area contributed by atoms with Crippen molar-refractivity contribution in [3.63, 3.8) is 0 Å². The number of anilines is 1. The van der Waals surface area contributed by atoms with Crippen molar-refractivity contribution >= 4 is 25.0 Å². The number of aryl methyl sites for hydroxylation is 4. The largest absolute Gasteiger partial charge is 0.673 e. The monoisotopic (exact) mass is 518 g/mol. The van der Waals surface area contributed by atoms with Crippen LogP contribution in [0, 0.1) is 27.7 Å². The van der Waals surface area contributed by atoms with E-state index >= 15 is 0 Å². The summed E-state index contributed by atoms with van der Waals surface area (Å²) in [6.45, 7) is 8.88. The van der Waals surface area contributed by atoms with E-state index in [4.69, 9.17) is 0 Å². The van der Waals surface area contributed by atoms with Gasteiger partial charge in [0, 0.05) is 11.1 Å². The lowest BCUT2D eigenvalue weighted by molar-refractivity contribution is -0.482. The molecule has 2 unspecified atom stereocenters. The Bertz CT molecular complexity index is 1370. The molecule has 0 N–H and O–H groups in total. The molecule has 0 aliphatic carbocycles. The van der Waals surface area contributed by atoms with Crippen molar-refractivity contribution in [3.8, 4) is 0 Å². The van der Waals surface area contributed by atoms with Gasteiger partial charge in [-0.3, -0.25) is 0 Å². The van der Waals surface area contributed by atoms with Crippen LogP contribution in [0.15, 0.2) is 97.1 Å². The molecule has 0 saturated heterocycles. The SMILES string of the molecule is Cc1cccc(C)c1N1C=[N+](c2c(C)cccc2C)C(c2ccccc2)C1c1ccccc1.F[B-](F)(F)F. The predicted molar refractivity (Wildman–Crippen MR) is 149 cm³/mol. The summed E-state index contributed by atoms with van der Waals surface area (Å²) < 4.78 is 41.5. The van der Waals surface area contributed by atoms with Crippen LogP contribution in [0.3, 0.4) is 0 Å². The van der Waals surface area contributed by atoms with Gasteiger partial charge in [0.05, 0.1) is 0 Å². The van der Waals surface area contributed by atoms with E-state index in [1.807, 2.05) is 0 Å². The third-order valence-corrected chi connectivity index (χ3v) is 6.82. The van der Waals surface area contributed by atoms with Crippen LogP contribution < -0.4 is 4.90 Å². The van der Waals surface area contributed by atoms with Gasteiger partial charge in [0.2, 0.25) is 6.34 Å². The average molecular weight is 518 g/mol. The molecule has 0 aromatic heterocycles. The molecule has 1 aliphatic rings. The first kappa shape index (κ1) is 27.2. The first-order valence-corrected chi connectivity index (χ1v) is 12.6. The van der Waals surface area contributed by atoms with Gasteiger partial charge in [-0.2, -0.15) is 0 Å². The van der Waals surface area contributed by atoms with Gasteiger partial charge in [-0.1, -0.05) is 97.1 Å². The van der Waals surface area contributed by atoms with Gasteiger partial charge in [-0.05, 0) is 49.9 Å². The summed E-state index contributed by atoms with van der Waals surface area (Å²) in [4.78, 5) is 2.50. The van der Waals surface area contributed by atoms with Gasteiger partial charge in [0.15, 0.2) is 12.1 Å². The minimum absolute atomic E-state index is 0.146. The molecular weight excluding hydrogens is 487 g/mol. The summed E-state index contributed by atoms with van der Waals surface area (Å²) in [5, 5.41) is 0. The topological polar surface area (TPSA) is 6.25 Å². The number of benzene rings is 4. The maximum atomic E-state index is 9.75. The third-order valence-electron chi connectivity index (χ3n) is 6.82. The first-order valence-electron chi connectivity index (χ1n) is 12.6. The van der Waals surface area contributed by atoms with E-state index in [0.29, 0.717) is 0 Å². The molecule has 1 heterocycles. The summed E-state index contributed by atoms with van der Waals surface area (Å²) in [5.41, 5.74) is 10.4. The van der Waals surface area contributed by atoms with E-state index < -0.39 is 7.25 Å². The van der Waals surface area contributed by atoms with Crippen molar-refractivity contribution in [1.29, 1.82) is 0 Å². The van der Waals surface area contributed by atoms with Crippen LogP contribution in [-0.4, -0.2) is 18.2 Å². The van der Waals surface area contributed by atoms with Crippen LogP contribution in [0.5, 0.6) is 0 Å². The number of hydrogen-bond acceptors (Lipinski definition) is 1. The number of hydrogen-bond donors (Lipinski definition) is 0. The Morgan fingerprint density at radius 2 is 1.00 bits per heavy atom. The Morgan fingerprint density at radius 3 is 1.47 bits per heavy atom. The van der Waals surface area contributed by atoms with E-state index in [1.165, 1.54) is 44.8 Å². The van der Waals surface area contributed by atoms with Gasteiger partial charge in [-0.25, -0.2) is 9.48 Å². The molecule has 0 fully saturated rings. The highest BCUT2D eigenvalue weighted by atomic mass is 19.5. The minimum Gasteiger partial charge on any atom is -0.418 e. The average Bonchev–Trinajstić information content (AvgIpc) is 3.23. The summed E-state index contributed by atoms with van der Waals surface area (Å²) in [6, 6.07) is 35.4. The fourth-order valence-corrected chi connectivity index (χ4v) is 5.39. The smallest absolute Gasteiger partial charge is 0.418 e. The molecule has 0 amide bonds. The zero-order valence-electron chi connectivity index (χ0n) is 22.0. The Labute approximate surface area is 222 Å². The third kappa shape index (κ3) is 5.99. The molecule has 1 aliphatic heterocycles. The lowest BCUT2D eigenvalue weighted by Crippen LogP contribution is -2.27. The summed E-state index contributed by atoms with van der Waals surface area (Å²) in [5.74, 6) is 0. The minimum atomic E-state index is -6.00. The Hall–Kier alpha value is -3.87. The lowest BCUT2D eigenvalue weighted by Gasteiger charge is -2.26. The van der Waals surface area contributed by atoms with Gasteiger partial charge >= 0.3 is 7.25 Å². The molecule has 0 radical (unpaired) electrons. The van der Waals surface area contributed by atoms with Crippen molar-refractivity contribution in [2.24, 2.45) is 0 Å². The first-order chi connectivity index (χ1) is 18.1. The number of para-hydroxylation sites is 2. The van der Waals surface area contributed by atoms with Crippen LogP contribution in [-0.2, 0) is 0 Å². The van der Waals surface area contributed by atoms with E-state index in [-0.39, 0.29) is 12.1 Å². The Kier molecular flexibility index (Phi) is 8.05. The number of nitrogens with zero attached hydrogens (tertiary/aromatic N) is 2. The molecule has 4 aromatic carbocycles. The maximum Gasteiger partial charge on any atom is 0.673 e. The second-order valence-corrected chi connectivity index (χ2v) is 9.62. The lowest BCUT2D eigenvalue weighted by atomic mass is 9.91. The van der Waals surface area contributed by atoms with Crippen LogP contribution in [0.2, 0.25) is 0 Å². The summed E-state index contributed by atoms with van der Waals surface area (Å²) >= 11 is 0. The van der Waals surface area contributed by atoms with Gasteiger partial charge in [0.25, 0.3) is 0 Å². The quantitative estimate of drug-likeness (QED) is 0.149. The maximum absolute atomic E-state index is 9.75. The van der Waals surface area contributed by atoms with Gasteiger partial charge in [-0.15, -0.1) is 0 Å². The van der Waals surface area contributed by atoms with E-state index in [9.17, 15) is 17.3 Å². The Morgan fingerprint density at radius 1 is 0.579 bits per heavy atom. The standard InChI is InChI=1S/C31H31N2.BF4/c1-22-13-11-14-23(2)28(22)32-21-33(29-24(3)15-12-16-25(29)4)31(27-19-9-6-10-20-27)30(32)26-17-7-5-8-18-26;2-1(3,4)5/h5-21,30-31H,1-4H3;/q+1;-1. The predicted octanol–water partition coefficient (Wildman–Crippen LogP) is 8.90. The molecular formula is C31H31BF4N2. The van der Waals surface area contributed by atoms with Crippen LogP contribution in [0.25, 0.3) is 0 Å². The van der Waals surface area contributed by atoms with E-state index in [2.05, 4.69) is 141 Å². The van der Waals surface area contributed by atoms with Crippen molar-refractivity contribution < 1.29 is 21.8 Å². The van der Waals surface area contributed by atoms with Crippen molar-refractivity contribution in [2.45, 2.75) is 39.8 Å². The van der Waals surface area contributed by atoms with Crippen molar-refractivity contribution in [1.82, 2.24) is 0 Å². The van der Waals surface area contributed by atoms with Crippen LogP contribution in [0.1, 0.15) is 45.5 Å². The normalized spacial score (nSPS) is 17.1. The highest BCUT2D eigenvalue weighted by molar-refractivity contribution is 6.50. The van der Waals surface area contributed by atoms with E-state index in [1.54, 1.807) is 0 Å². The molecule has 38 heavy (non-hydrogen) atoms. The molecule has 0 bridgehead atoms.